The van der Waals surface area contributed by atoms with E-state index < -0.39 is 0 Å². The third kappa shape index (κ3) is 2.85. The van der Waals surface area contributed by atoms with Crippen molar-refractivity contribution in [3.05, 3.63) is 24.5 Å². The first-order valence-corrected chi connectivity index (χ1v) is 6.95. The van der Waals surface area contributed by atoms with Crippen molar-refractivity contribution >= 4 is 22.4 Å². The Balaban J connectivity index is 2.47. The molecule has 0 atom stereocenters. The molecule has 0 aliphatic rings. The van der Waals surface area contributed by atoms with Crippen molar-refractivity contribution in [2.24, 2.45) is 0 Å². The number of aromatic nitrogens is 2. The zero-order valence-corrected chi connectivity index (χ0v) is 11.9. The largest absolute Gasteiger partial charge is 0.395 e. The van der Waals surface area contributed by atoms with Crippen LogP contribution in [0.15, 0.2) is 24.5 Å². The fourth-order valence-corrected chi connectivity index (χ4v) is 2.97. The molecule has 2 aromatic rings. The van der Waals surface area contributed by atoms with Crippen molar-refractivity contribution in [2.45, 2.75) is 19.9 Å². The molecule has 0 aromatic carbocycles. The lowest BCUT2D eigenvalue weighted by Crippen LogP contribution is -2.33. The third-order valence-electron chi connectivity index (χ3n) is 2.88. The summed E-state index contributed by atoms with van der Waals surface area (Å²) in [4.78, 5) is 6.23. The Morgan fingerprint density at radius 2 is 2.26 bits per heavy atom. The molecule has 0 spiro atoms. The maximum absolute atomic E-state index is 9.21. The molecule has 3 N–H and O–H groups in total. The van der Waals surface area contributed by atoms with Crippen LogP contribution in [0.5, 0.6) is 0 Å². The minimum absolute atomic E-state index is 0.0997. The van der Waals surface area contributed by atoms with E-state index in [-0.39, 0.29) is 12.6 Å². The van der Waals surface area contributed by atoms with Crippen molar-refractivity contribution in [1.29, 1.82) is 0 Å². The lowest BCUT2D eigenvalue weighted by Gasteiger charge is -2.27. The van der Waals surface area contributed by atoms with E-state index in [1.165, 1.54) is 11.5 Å². The van der Waals surface area contributed by atoms with Gasteiger partial charge in [0, 0.05) is 30.5 Å². The molecule has 0 saturated heterocycles. The molecule has 0 fully saturated rings. The molecule has 2 rings (SSSR count). The molecule has 2 heterocycles. The Kier molecular flexibility index (Phi) is 4.34. The summed E-state index contributed by atoms with van der Waals surface area (Å²) < 4.78 is 4.25. The van der Waals surface area contributed by atoms with Gasteiger partial charge in [-0.2, -0.15) is 4.37 Å². The van der Waals surface area contributed by atoms with E-state index in [9.17, 15) is 5.11 Å². The van der Waals surface area contributed by atoms with E-state index in [0.29, 0.717) is 12.4 Å². The monoisotopic (exact) mass is 278 g/mol. The second-order valence-electron chi connectivity index (χ2n) is 4.50. The number of anilines is 2. The van der Waals surface area contributed by atoms with Gasteiger partial charge in [-0.1, -0.05) is 6.07 Å². The summed E-state index contributed by atoms with van der Waals surface area (Å²) in [6.45, 7) is 4.83. The molecule has 19 heavy (non-hydrogen) atoms. The molecular formula is C13H18N4OS. The lowest BCUT2D eigenvalue weighted by molar-refractivity contribution is 0.299. The molecule has 0 saturated carbocycles. The van der Waals surface area contributed by atoms with Crippen molar-refractivity contribution in [1.82, 2.24) is 9.36 Å². The minimum atomic E-state index is 0.0997. The van der Waals surface area contributed by atoms with E-state index in [1.54, 1.807) is 12.4 Å². The first-order chi connectivity index (χ1) is 9.15. The zero-order chi connectivity index (χ0) is 13.8. The van der Waals surface area contributed by atoms with E-state index in [4.69, 9.17) is 5.73 Å². The topological polar surface area (TPSA) is 75.3 Å². The van der Waals surface area contributed by atoms with Crippen LogP contribution in [0.2, 0.25) is 0 Å². The Hall–Kier alpha value is -1.66. The van der Waals surface area contributed by atoms with Gasteiger partial charge in [0.05, 0.1) is 12.2 Å². The van der Waals surface area contributed by atoms with E-state index in [1.807, 2.05) is 12.1 Å². The maximum atomic E-state index is 9.21. The first-order valence-electron chi connectivity index (χ1n) is 6.18. The molecule has 0 bridgehead atoms. The molecule has 0 aliphatic heterocycles. The van der Waals surface area contributed by atoms with Gasteiger partial charge in [-0.15, -0.1) is 0 Å². The van der Waals surface area contributed by atoms with Gasteiger partial charge >= 0.3 is 0 Å². The van der Waals surface area contributed by atoms with Crippen LogP contribution in [0.4, 0.5) is 10.8 Å². The minimum Gasteiger partial charge on any atom is -0.395 e. The van der Waals surface area contributed by atoms with Crippen LogP contribution in [0.3, 0.4) is 0 Å². The second kappa shape index (κ2) is 5.99. The second-order valence-corrected chi connectivity index (χ2v) is 5.25. The predicted octanol–water partition coefficient (Wildman–Crippen LogP) is 1.99. The van der Waals surface area contributed by atoms with Crippen molar-refractivity contribution in [2.75, 3.05) is 23.8 Å². The fraction of sp³-hybridized carbons (Fsp3) is 0.385. The highest BCUT2D eigenvalue weighted by atomic mass is 32.1. The number of nitrogens with two attached hydrogens (primary N) is 1. The van der Waals surface area contributed by atoms with Crippen LogP contribution in [0.25, 0.3) is 11.1 Å². The van der Waals surface area contributed by atoms with E-state index in [0.717, 1.165) is 16.1 Å². The highest BCUT2D eigenvalue weighted by molar-refractivity contribution is 7.11. The van der Waals surface area contributed by atoms with Crippen LogP contribution in [-0.2, 0) is 0 Å². The summed E-state index contributed by atoms with van der Waals surface area (Å²) in [5, 5.41) is 10.2. The smallest absolute Gasteiger partial charge is 0.147 e. The molecule has 102 valence electrons. The van der Waals surface area contributed by atoms with Crippen molar-refractivity contribution in [3.63, 3.8) is 0 Å². The van der Waals surface area contributed by atoms with E-state index >= 15 is 0 Å². The number of pyridine rings is 1. The summed E-state index contributed by atoms with van der Waals surface area (Å²) in [5.41, 5.74) is 7.84. The number of hydrogen-bond acceptors (Lipinski definition) is 6. The number of nitrogen functional groups attached to an aromatic ring is 1. The van der Waals surface area contributed by atoms with Gasteiger partial charge in [-0.25, -0.2) is 0 Å². The third-order valence-corrected chi connectivity index (χ3v) is 3.78. The molecule has 5 nitrogen and oxygen atoms in total. The summed E-state index contributed by atoms with van der Waals surface area (Å²) >= 11 is 1.36. The Morgan fingerprint density at radius 1 is 1.47 bits per heavy atom. The van der Waals surface area contributed by atoms with Crippen LogP contribution in [-0.4, -0.2) is 33.7 Å². The summed E-state index contributed by atoms with van der Waals surface area (Å²) in [6.07, 6.45) is 3.51. The zero-order valence-electron chi connectivity index (χ0n) is 11.1. The quantitative estimate of drug-likeness (QED) is 0.875. The SMILES string of the molecule is CC(C)N(CCO)c1snc(N)c1-c1cccnc1. The first kappa shape index (κ1) is 13.8. The number of aliphatic hydroxyl groups excluding tert-OH is 1. The van der Waals surface area contributed by atoms with Crippen LogP contribution in [0, 0.1) is 0 Å². The van der Waals surface area contributed by atoms with Crippen molar-refractivity contribution in [3.8, 4) is 11.1 Å². The summed E-state index contributed by atoms with van der Waals surface area (Å²) in [7, 11) is 0. The Bertz CT molecular complexity index is 527. The maximum Gasteiger partial charge on any atom is 0.147 e. The van der Waals surface area contributed by atoms with E-state index in [2.05, 4.69) is 28.1 Å². The number of aliphatic hydroxyl groups is 1. The molecule has 0 amide bonds. The van der Waals surface area contributed by atoms with Gasteiger partial charge in [0.1, 0.15) is 10.8 Å². The van der Waals surface area contributed by atoms with Crippen molar-refractivity contribution < 1.29 is 5.11 Å². The predicted molar refractivity (Wildman–Crippen MR) is 79.3 cm³/mol. The molecule has 2 aromatic heterocycles. The van der Waals surface area contributed by atoms with Crippen LogP contribution in [0.1, 0.15) is 13.8 Å². The highest BCUT2D eigenvalue weighted by Gasteiger charge is 2.21. The summed E-state index contributed by atoms with van der Waals surface area (Å²) in [5.74, 6) is 0.511. The number of hydrogen-bond donors (Lipinski definition) is 2. The molecular weight excluding hydrogens is 260 g/mol. The fourth-order valence-electron chi connectivity index (χ4n) is 1.97. The van der Waals surface area contributed by atoms with Crippen LogP contribution < -0.4 is 10.6 Å². The molecule has 6 heteroatoms. The Labute approximate surface area is 116 Å². The highest BCUT2D eigenvalue weighted by Crippen LogP contribution is 2.39. The van der Waals surface area contributed by atoms with Gasteiger partial charge in [0.15, 0.2) is 0 Å². The van der Waals surface area contributed by atoms with Gasteiger partial charge in [0.25, 0.3) is 0 Å². The lowest BCUT2D eigenvalue weighted by atomic mass is 10.1. The number of nitrogens with zero attached hydrogens (tertiary/aromatic N) is 3. The average Bonchev–Trinajstić information content (AvgIpc) is 2.78. The number of rotatable bonds is 5. The molecule has 0 radical (unpaired) electrons. The van der Waals surface area contributed by atoms with Gasteiger partial charge in [0.2, 0.25) is 0 Å². The van der Waals surface area contributed by atoms with Crippen LogP contribution >= 0.6 is 11.5 Å². The molecule has 0 aliphatic carbocycles. The standard InChI is InChI=1S/C13H18N4OS/c1-9(2)17(6-7-18)13-11(12(14)16-19-13)10-4-3-5-15-8-10/h3-5,8-9,18H,6-7H2,1-2H3,(H2,14,16). The van der Waals surface area contributed by atoms with Gasteiger partial charge in [-0.05, 0) is 31.4 Å². The average molecular weight is 278 g/mol. The normalized spacial score (nSPS) is 10.9. The van der Waals surface area contributed by atoms with Gasteiger partial charge in [-0.3, -0.25) is 4.98 Å². The molecule has 0 unspecified atom stereocenters. The Morgan fingerprint density at radius 3 is 2.84 bits per heavy atom. The summed E-state index contributed by atoms with van der Waals surface area (Å²) in [6, 6.07) is 4.11. The van der Waals surface area contributed by atoms with Gasteiger partial charge < -0.3 is 15.7 Å².